The van der Waals surface area contributed by atoms with E-state index in [1.807, 2.05) is 12.1 Å². The number of carbonyl (C=O) groups is 1. The molecule has 20 heavy (non-hydrogen) atoms. The number of ether oxygens (including phenoxy) is 3. The van der Waals surface area contributed by atoms with Gasteiger partial charge in [0.05, 0.1) is 31.6 Å². The fourth-order valence-corrected chi connectivity index (χ4v) is 3.18. The van der Waals surface area contributed by atoms with Gasteiger partial charge in [0.1, 0.15) is 17.4 Å². The van der Waals surface area contributed by atoms with Crippen LogP contribution in [0.25, 0.3) is 10.2 Å². The molecule has 0 radical (unpaired) electrons. The lowest BCUT2D eigenvalue weighted by atomic mass is 10.1. The van der Waals surface area contributed by atoms with Crippen molar-refractivity contribution in [3.63, 3.8) is 0 Å². The summed E-state index contributed by atoms with van der Waals surface area (Å²) < 4.78 is 17.3. The SMILES string of the molecule is COc1ccc(C2COCCO2)c2sc(C(N)=O)nc12. The van der Waals surface area contributed by atoms with E-state index in [4.69, 9.17) is 19.9 Å². The molecule has 1 unspecified atom stereocenters. The number of hydrogen-bond donors (Lipinski definition) is 1. The highest BCUT2D eigenvalue weighted by Gasteiger charge is 2.23. The number of aromatic nitrogens is 1. The summed E-state index contributed by atoms with van der Waals surface area (Å²) >= 11 is 1.25. The van der Waals surface area contributed by atoms with Crippen LogP contribution in [0.5, 0.6) is 5.75 Å². The minimum atomic E-state index is -0.542. The maximum Gasteiger partial charge on any atom is 0.277 e. The molecule has 1 aliphatic heterocycles. The lowest BCUT2D eigenvalue weighted by Gasteiger charge is -2.23. The van der Waals surface area contributed by atoms with Crippen LogP contribution in [0.1, 0.15) is 21.5 Å². The van der Waals surface area contributed by atoms with Crippen LogP contribution in [0.4, 0.5) is 0 Å². The summed E-state index contributed by atoms with van der Waals surface area (Å²) in [5, 5.41) is 0.266. The molecule has 2 N–H and O–H groups in total. The molecule has 1 saturated heterocycles. The summed E-state index contributed by atoms with van der Waals surface area (Å²) in [6, 6.07) is 3.74. The van der Waals surface area contributed by atoms with Gasteiger partial charge in [-0.1, -0.05) is 6.07 Å². The molecule has 1 aliphatic rings. The lowest BCUT2D eigenvalue weighted by Crippen LogP contribution is -2.21. The second kappa shape index (κ2) is 5.35. The molecule has 0 spiro atoms. The van der Waals surface area contributed by atoms with E-state index in [1.54, 1.807) is 7.11 Å². The Kier molecular flexibility index (Phi) is 3.56. The zero-order valence-electron chi connectivity index (χ0n) is 10.9. The van der Waals surface area contributed by atoms with Crippen molar-refractivity contribution in [1.29, 1.82) is 0 Å². The van der Waals surface area contributed by atoms with E-state index < -0.39 is 5.91 Å². The van der Waals surface area contributed by atoms with Crippen molar-refractivity contribution in [2.45, 2.75) is 6.10 Å². The van der Waals surface area contributed by atoms with Crippen LogP contribution in [-0.2, 0) is 9.47 Å². The van der Waals surface area contributed by atoms with Crippen LogP contribution >= 0.6 is 11.3 Å². The van der Waals surface area contributed by atoms with Gasteiger partial charge in [0.25, 0.3) is 5.91 Å². The van der Waals surface area contributed by atoms with Crippen LogP contribution in [0.3, 0.4) is 0 Å². The van der Waals surface area contributed by atoms with Crippen molar-refractivity contribution in [1.82, 2.24) is 4.98 Å². The van der Waals surface area contributed by atoms with Crippen molar-refractivity contribution in [2.75, 3.05) is 26.9 Å². The Labute approximate surface area is 119 Å². The van der Waals surface area contributed by atoms with Crippen LogP contribution in [-0.4, -0.2) is 37.8 Å². The Bertz CT molecular complexity index is 649. The second-order valence-electron chi connectivity index (χ2n) is 4.35. The van der Waals surface area contributed by atoms with Gasteiger partial charge in [-0.15, -0.1) is 11.3 Å². The van der Waals surface area contributed by atoms with E-state index in [-0.39, 0.29) is 11.1 Å². The first-order valence-electron chi connectivity index (χ1n) is 6.17. The summed E-state index contributed by atoms with van der Waals surface area (Å²) in [5.41, 5.74) is 6.90. The van der Waals surface area contributed by atoms with Gasteiger partial charge >= 0.3 is 0 Å². The molecule has 2 aromatic rings. The quantitative estimate of drug-likeness (QED) is 0.927. The number of nitrogens with two attached hydrogens (primary N) is 1. The zero-order valence-corrected chi connectivity index (χ0v) is 11.7. The van der Waals surface area contributed by atoms with Gasteiger partial charge in [-0.2, -0.15) is 0 Å². The van der Waals surface area contributed by atoms with Gasteiger partial charge in [0, 0.05) is 5.56 Å². The van der Waals surface area contributed by atoms with E-state index in [0.29, 0.717) is 31.1 Å². The Balaban J connectivity index is 2.14. The van der Waals surface area contributed by atoms with E-state index in [2.05, 4.69) is 4.98 Å². The summed E-state index contributed by atoms with van der Waals surface area (Å²) in [4.78, 5) is 15.6. The fourth-order valence-electron chi connectivity index (χ4n) is 2.19. The third-order valence-corrected chi connectivity index (χ3v) is 4.25. The maximum absolute atomic E-state index is 11.3. The molecule has 1 aromatic heterocycles. The normalized spacial score (nSPS) is 19.1. The molecule has 0 bridgehead atoms. The molecule has 0 saturated carbocycles. The zero-order chi connectivity index (χ0) is 14.1. The Morgan fingerprint density at radius 3 is 3.00 bits per heavy atom. The molecule has 1 amide bonds. The molecule has 3 rings (SSSR count). The number of thiazole rings is 1. The number of methoxy groups -OCH3 is 1. The summed E-state index contributed by atoms with van der Waals surface area (Å²) in [5.74, 6) is 0.0734. The summed E-state index contributed by atoms with van der Waals surface area (Å²) in [6.45, 7) is 1.65. The molecular weight excluding hydrogens is 280 g/mol. The molecule has 106 valence electrons. The molecule has 1 atom stereocenters. The van der Waals surface area contributed by atoms with Crippen LogP contribution < -0.4 is 10.5 Å². The molecule has 6 nitrogen and oxygen atoms in total. The van der Waals surface area contributed by atoms with Gasteiger partial charge in [-0.25, -0.2) is 4.98 Å². The first-order valence-corrected chi connectivity index (χ1v) is 6.99. The third kappa shape index (κ3) is 2.24. The molecular formula is C13H14N2O4S. The van der Waals surface area contributed by atoms with E-state index in [0.717, 1.165) is 10.3 Å². The van der Waals surface area contributed by atoms with Crippen molar-refractivity contribution >= 4 is 27.5 Å². The van der Waals surface area contributed by atoms with Gasteiger partial charge in [0.2, 0.25) is 0 Å². The number of benzene rings is 1. The van der Waals surface area contributed by atoms with Gasteiger partial charge in [-0.3, -0.25) is 4.79 Å². The number of amides is 1. The van der Waals surface area contributed by atoms with Crippen LogP contribution in [0, 0.1) is 0 Å². The molecule has 7 heteroatoms. The van der Waals surface area contributed by atoms with Crippen LogP contribution in [0.15, 0.2) is 12.1 Å². The van der Waals surface area contributed by atoms with Gasteiger partial charge < -0.3 is 19.9 Å². The Morgan fingerprint density at radius 1 is 1.50 bits per heavy atom. The molecule has 1 fully saturated rings. The van der Waals surface area contributed by atoms with E-state index in [1.165, 1.54) is 11.3 Å². The van der Waals surface area contributed by atoms with E-state index in [9.17, 15) is 4.79 Å². The predicted octanol–water partition coefficient (Wildman–Crippen LogP) is 1.49. The Hall–Kier alpha value is -1.70. The number of fused-ring (bicyclic) bond motifs is 1. The first-order chi connectivity index (χ1) is 9.70. The van der Waals surface area contributed by atoms with Gasteiger partial charge in [-0.05, 0) is 6.07 Å². The smallest absolute Gasteiger partial charge is 0.277 e. The predicted molar refractivity (Wildman–Crippen MR) is 74.2 cm³/mol. The van der Waals surface area contributed by atoms with Crippen LogP contribution in [0.2, 0.25) is 0 Å². The number of hydrogen-bond acceptors (Lipinski definition) is 6. The highest BCUT2D eigenvalue weighted by atomic mass is 32.1. The summed E-state index contributed by atoms with van der Waals surface area (Å²) in [6.07, 6.45) is -0.154. The second-order valence-corrected chi connectivity index (χ2v) is 5.35. The average molecular weight is 294 g/mol. The number of rotatable bonds is 3. The topological polar surface area (TPSA) is 83.7 Å². The van der Waals surface area contributed by atoms with E-state index >= 15 is 0 Å². The standard InChI is InChI=1S/C13H14N2O4S/c1-17-8-3-2-7(9-6-18-4-5-19-9)11-10(8)15-13(20-11)12(14)16/h2-3,9H,4-6H2,1H3,(H2,14,16). The molecule has 2 heterocycles. The van der Waals surface area contributed by atoms with Crippen molar-refractivity contribution in [3.8, 4) is 5.75 Å². The Morgan fingerprint density at radius 2 is 2.35 bits per heavy atom. The summed E-state index contributed by atoms with van der Waals surface area (Å²) in [7, 11) is 1.57. The van der Waals surface area contributed by atoms with Crippen molar-refractivity contribution < 1.29 is 19.0 Å². The third-order valence-electron chi connectivity index (χ3n) is 3.13. The molecule has 1 aromatic carbocycles. The minimum absolute atomic E-state index is 0.154. The number of primary amides is 1. The lowest BCUT2D eigenvalue weighted by molar-refractivity contribution is -0.0895. The minimum Gasteiger partial charge on any atom is -0.494 e. The first kappa shape index (κ1) is 13.3. The average Bonchev–Trinajstić information content (AvgIpc) is 2.92. The monoisotopic (exact) mass is 294 g/mol. The largest absolute Gasteiger partial charge is 0.494 e. The molecule has 0 aliphatic carbocycles. The number of carbonyl (C=O) groups excluding carboxylic acids is 1. The number of nitrogens with zero attached hydrogens (tertiary/aromatic N) is 1. The van der Waals surface area contributed by atoms with Crippen molar-refractivity contribution in [3.05, 3.63) is 22.7 Å². The fraction of sp³-hybridized carbons (Fsp3) is 0.385. The highest BCUT2D eigenvalue weighted by Crippen LogP contribution is 2.37. The van der Waals surface area contributed by atoms with Gasteiger partial charge in [0.15, 0.2) is 5.01 Å². The van der Waals surface area contributed by atoms with Crippen molar-refractivity contribution in [2.24, 2.45) is 5.73 Å². The maximum atomic E-state index is 11.3. The highest BCUT2D eigenvalue weighted by molar-refractivity contribution is 7.20.